The number of nitrogens with zero attached hydrogens (tertiary/aromatic N) is 5. The molecule has 38 heavy (non-hydrogen) atoms. The summed E-state index contributed by atoms with van der Waals surface area (Å²) in [6.45, 7) is 8.22. The van der Waals surface area contributed by atoms with Crippen molar-refractivity contribution in [1.82, 2.24) is 15.0 Å². The SMILES string of the molecule is COc1nc(C)cnc1N(C(=O)OCC(C)C)S(=O)(=O)c1cccnc1-c1ccc(N2CCOCC2)cc1. The van der Waals surface area contributed by atoms with Gasteiger partial charge in [-0.05, 0) is 37.1 Å². The van der Waals surface area contributed by atoms with E-state index in [1.165, 1.54) is 31.6 Å². The summed E-state index contributed by atoms with van der Waals surface area (Å²) in [6, 6.07) is 10.3. The summed E-state index contributed by atoms with van der Waals surface area (Å²) in [5.74, 6) is -0.451. The second-order valence-electron chi connectivity index (χ2n) is 9.08. The van der Waals surface area contributed by atoms with Gasteiger partial charge in [0, 0.05) is 30.5 Å². The van der Waals surface area contributed by atoms with Gasteiger partial charge in [0.1, 0.15) is 4.90 Å². The van der Waals surface area contributed by atoms with Crippen LogP contribution in [0, 0.1) is 12.8 Å². The number of aryl methyl sites for hydroxylation is 1. The van der Waals surface area contributed by atoms with Crippen molar-refractivity contribution in [2.45, 2.75) is 25.7 Å². The van der Waals surface area contributed by atoms with Crippen LogP contribution in [-0.2, 0) is 19.5 Å². The number of pyridine rings is 1. The molecule has 202 valence electrons. The number of carbonyl (C=O) groups excluding carboxylic acids is 1. The zero-order valence-corrected chi connectivity index (χ0v) is 22.6. The molecule has 0 atom stereocenters. The first-order valence-corrected chi connectivity index (χ1v) is 13.6. The molecule has 0 radical (unpaired) electrons. The lowest BCUT2D eigenvalue weighted by Gasteiger charge is -2.29. The highest BCUT2D eigenvalue weighted by Crippen LogP contribution is 2.34. The second kappa shape index (κ2) is 11.7. The number of hydrogen-bond acceptors (Lipinski definition) is 10. The van der Waals surface area contributed by atoms with Crippen molar-refractivity contribution in [3.05, 3.63) is 54.5 Å². The van der Waals surface area contributed by atoms with Gasteiger partial charge in [0.25, 0.3) is 15.9 Å². The minimum Gasteiger partial charge on any atom is -0.478 e. The molecule has 1 saturated heterocycles. The Morgan fingerprint density at radius 2 is 1.84 bits per heavy atom. The summed E-state index contributed by atoms with van der Waals surface area (Å²) in [5.41, 5.74) is 2.23. The zero-order chi connectivity index (χ0) is 27.3. The van der Waals surface area contributed by atoms with Gasteiger partial charge in [-0.15, -0.1) is 4.31 Å². The van der Waals surface area contributed by atoms with Gasteiger partial charge in [0.05, 0.1) is 44.5 Å². The third kappa shape index (κ3) is 5.86. The van der Waals surface area contributed by atoms with Crippen molar-refractivity contribution in [3.8, 4) is 17.1 Å². The Labute approximate surface area is 222 Å². The van der Waals surface area contributed by atoms with E-state index < -0.39 is 16.1 Å². The molecule has 1 aliphatic rings. The second-order valence-corrected chi connectivity index (χ2v) is 10.8. The standard InChI is InChI=1S/C26H31N5O6S/c1-18(2)17-37-26(32)31(24-25(35-4)29-19(3)16-28-24)38(33,34)22-6-5-11-27-23(22)20-7-9-21(10-8-20)30-12-14-36-15-13-30/h5-11,16,18H,12-15,17H2,1-4H3. The molecule has 1 fully saturated rings. The van der Waals surface area contributed by atoms with E-state index in [2.05, 4.69) is 19.9 Å². The lowest BCUT2D eigenvalue weighted by molar-refractivity contribution is 0.122. The van der Waals surface area contributed by atoms with E-state index in [0.29, 0.717) is 28.8 Å². The molecule has 0 unspecified atom stereocenters. The topological polar surface area (TPSA) is 124 Å². The Kier molecular flexibility index (Phi) is 8.42. The number of methoxy groups -OCH3 is 1. The molecular formula is C26H31N5O6S. The maximum Gasteiger partial charge on any atom is 0.430 e. The van der Waals surface area contributed by atoms with E-state index in [4.69, 9.17) is 14.2 Å². The Morgan fingerprint density at radius 1 is 1.13 bits per heavy atom. The molecule has 0 aliphatic carbocycles. The van der Waals surface area contributed by atoms with Gasteiger partial charge >= 0.3 is 6.09 Å². The number of hydrogen-bond donors (Lipinski definition) is 0. The molecule has 3 aromatic rings. The van der Waals surface area contributed by atoms with Crippen LogP contribution in [0.5, 0.6) is 5.88 Å². The first kappa shape index (κ1) is 27.3. The molecule has 0 bridgehead atoms. The average Bonchev–Trinajstić information content (AvgIpc) is 2.93. The van der Waals surface area contributed by atoms with E-state index in [1.54, 1.807) is 19.1 Å². The molecular weight excluding hydrogens is 510 g/mol. The van der Waals surface area contributed by atoms with Gasteiger partial charge in [0.15, 0.2) is 0 Å². The van der Waals surface area contributed by atoms with Crippen molar-refractivity contribution in [2.24, 2.45) is 5.92 Å². The molecule has 3 heterocycles. The van der Waals surface area contributed by atoms with Crippen LogP contribution in [0.15, 0.2) is 53.7 Å². The number of benzene rings is 1. The number of amides is 1. The van der Waals surface area contributed by atoms with Crippen LogP contribution < -0.4 is 13.9 Å². The van der Waals surface area contributed by atoms with E-state index in [-0.39, 0.29) is 34.8 Å². The van der Waals surface area contributed by atoms with Crippen molar-refractivity contribution >= 4 is 27.6 Å². The van der Waals surface area contributed by atoms with Gasteiger partial charge in [0.2, 0.25) is 5.82 Å². The van der Waals surface area contributed by atoms with E-state index >= 15 is 0 Å². The number of sulfonamides is 1. The number of morpholine rings is 1. The highest BCUT2D eigenvalue weighted by Gasteiger charge is 2.38. The Hall–Kier alpha value is -3.77. The molecule has 2 aromatic heterocycles. The lowest BCUT2D eigenvalue weighted by atomic mass is 10.1. The third-order valence-electron chi connectivity index (χ3n) is 5.74. The first-order valence-electron chi connectivity index (χ1n) is 12.2. The Balaban J connectivity index is 1.78. The monoisotopic (exact) mass is 541 g/mol. The van der Waals surface area contributed by atoms with Gasteiger partial charge in [-0.25, -0.2) is 23.2 Å². The summed E-state index contributed by atoms with van der Waals surface area (Å²) in [7, 11) is -3.25. The lowest BCUT2D eigenvalue weighted by Crippen LogP contribution is -2.39. The number of anilines is 2. The maximum absolute atomic E-state index is 14.1. The van der Waals surface area contributed by atoms with Crippen molar-refractivity contribution in [1.29, 1.82) is 0 Å². The fourth-order valence-electron chi connectivity index (χ4n) is 3.89. The average molecular weight is 542 g/mol. The quantitative estimate of drug-likeness (QED) is 0.417. The molecule has 1 amide bonds. The predicted octanol–water partition coefficient (Wildman–Crippen LogP) is 3.68. The summed E-state index contributed by atoms with van der Waals surface area (Å²) in [6.07, 6.45) is 1.73. The van der Waals surface area contributed by atoms with Gasteiger partial charge in [-0.2, -0.15) is 0 Å². The van der Waals surface area contributed by atoms with Crippen LogP contribution in [0.25, 0.3) is 11.3 Å². The molecule has 4 rings (SSSR count). The first-order chi connectivity index (χ1) is 18.2. The zero-order valence-electron chi connectivity index (χ0n) is 21.8. The van der Waals surface area contributed by atoms with E-state index in [1.807, 2.05) is 26.0 Å². The Morgan fingerprint density at radius 3 is 2.50 bits per heavy atom. The summed E-state index contributed by atoms with van der Waals surface area (Å²) < 4.78 is 44.8. The van der Waals surface area contributed by atoms with Crippen LogP contribution in [0.3, 0.4) is 0 Å². The van der Waals surface area contributed by atoms with Crippen LogP contribution >= 0.6 is 0 Å². The molecule has 1 aromatic carbocycles. The Bertz CT molecular complexity index is 1380. The van der Waals surface area contributed by atoms with E-state index in [0.717, 1.165) is 18.8 Å². The van der Waals surface area contributed by atoms with Gasteiger partial charge in [-0.1, -0.05) is 26.0 Å². The minimum atomic E-state index is -4.57. The smallest absolute Gasteiger partial charge is 0.430 e. The van der Waals surface area contributed by atoms with Crippen molar-refractivity contribution < 1.29 is 27.4 Å². The highest BCUT2D eigenvalue weighted by molar-refractivity contribution is 7.93. The largest absolute Gasteiger partial charge is 0.478 e. The predicted molar refractivity (Wildman–Crippen MR) is 142 cm³/mol. The fraction of sp³-hybridized carbons (Fsp3) is 0.385. The molecule has 0 spiro atoms. The van der Waals surface area contributed by atoms with Crippen LogP contribution in [-0.4, -0.2) is 69.5 Å². The normalized spacial score (nSPS) is 13.9. The summed E-state index contributed by atoms with van der Waals surface area (Å²) in [4.78, 5) is 28.0. The fourth-order valence-corrected chi connectivity index (χ4v) is 5.35. The van der Waals surface area contributed by atoms with Crippen LogP contribution in [0.2, 0.25) is 0 Å². The number of aromatic nitrogens is 3. The summed E-state index contributed by atoms with van der Waals surface area (Å²) >= 11 is 0. The third-order valence-corrected chi connectivity index (χ3v) is 7.43. The molecule has 0 N–H and O–H groups in total. The van der Waals surface area contributed by atoms with E-state index in [9.17, 15) is 13.2 Å². The van der Waals surface area contributed by atoms with Crippen molar-refractivity contribution in [2.75, 3.05) is 49.2 Å². The molecule has 1 aliphatic heterocycles. The minimum absolute atomic E-state index is 0.00928. The van der Waals surface area contributed by atoms with Gasteiger partial charge < -0.3 is 19.1 Å². The molecule has 12 heteroatoms. The molecule has 0 saturated carbocycles. The number of carbonyl (C=O) groups is 1. The molecule has 11 nitrogen and oxygen atoms in total. The number of ether oxygens (including phenoxy) is 3. The highest BCUT2D eigenvalue weighted by atomic mass is 32.2. The van der Waals surface area contributed by atoms with Crippen LogP contribution in [0.1, 0.15) is 19.5 Å². The van der Waals surface area contributed by atoms with Crippen molar-refractivity contribution in [3.63, 3.8) is 0 Å². The van der Waals surface area contributed by atoms with Gasteiger partial charge in [-0.3, -0.25) is 4.98 Å². The number of rotatable bonds is 8. The maximum atomic E-state index is 14.1. The van der Waals surface area contributed by atoms with Crippen LogP contribution in [0.4, 0.5) is 16.3 Å². The summed E-state index contributed by atoms with van der Waals surface area (Å²) in [5, 5.41) is 0.